The lowest BCUT2D eigenvalue weighted by Crippen LogP contribution is -2.07. The molecule has 0 aliphatic rings. The molecule has 0 saturated carbocycles. The Bertz CT molecular complexity index is 330. The number of hydrogen-bond donors (Lipinski definition) is 0. The molecule has 0 spiro atoms. The Morgan fingerprint density at radius 2 is 2.23 bits per heavy atom. The van der Waals surface area contributed by atoms with E-state index in [0.29, 0.717) is 0 Å². The molecule has 0 radical (unpaired) electrons. The van der Waals surface area contributed by atoms with E-state index in [1.165, 1.54) is 20.4 Å². The molecule has 0 aromatic carbocycles. The number of esters is 1. The first-order valence-corrected chi connectivity index (χ1v) is 3.71. The van der Waals surface area contributed by atoms with Crippen molar-refractivity contribution in [1.29, 1.82) is 0 Å². The van der Waals surface area contributed by atoms with E-state index >= 15 is 0 Å². The predicted molar refractivity (Wildman–Crippen MR) is 44.9 cm³/mol. The van der Waals surface area contributed by atoms with Crippen molar-refractivity contribution in [3.05, 3.63) is 17.2 Å². The number of aromatic nitrogens is 2. The summed E-state index contributed by atoms with van der Waals surface area (Å²) in [4.78, 5) is 18.4. The Labute approximate surface area is 79.7 Å². The average molecular weight is 203 g/mol. The van der Waals surface area contributed by atoms with Gasteiger partial charge in [-0.25, -0.2) is 14.8 Å². The second kappa shape index (κ2) is 4.04. The van der Waals surface area contributed by atoms with Crippen LogP contribution in [-0.4, -0.2) is 30.2 Å². The van der Waals surface area contributed by atoms with E-state index in [4.69, 9.17) is 16.3 Å². The monoisotopic (exact) mass is 202 g/mol. The standard InChI is InChI=1S/C7H7ClN2O3/c1-12-4-3-9-7(8)10-5(4)6(11)13-2/h3H,1-2H3. The van der Waals surface area contributed by atoms with Gasteiger partial charge in [0, 0.05) is 0 Å². The summed E-state index contributed by atoms with van der Waals surface area (Å²) in [6.45, 7) is 0. The number of ether oxygens (including phenoxy) is 2. The molecule has 13 heavy (non-hydrogen) atoms. The zero-order valence-electron chi connectivity index (χ0n) is 7.07. The number of carbonyl (C=O) groups excluding carboxylic acids is 1. The molecule has 0 fully saturated rings. The zero-order chi connectivity index (χ0) is 9.84. The van der Waals surface area contributed by atoms with Crippen LogP contribution >= 0.6 is 11.6 Å². The van der Waals surface area contributed by atoms with Crippen LogP contribution < -0.4 is 4.74 Å². The summed E-state index contributed by atoms with van der Waals surface area (Å²) in [6.07, 6.45) is 1.31. The van der Waals surface area contributed by atoms with Gasteiger partial charge in [0.1, 0.15) is 0 Å². The van der Waals surface area contributed by atoms with Crippen LogP contribution in [0.15, 0.2) is 6.20 Å². The third-order valence-electron chi connectivity index (χ3n) is 1.32. The molecule has 0 aliphatic carbocycles. The second-order valence-electron chi connectivity index (χ2n) is 2.05. The lowest BCUT2D eigenvalue weighted by Gasteiger charge is -2.04. The van der Waals surface area contributed by atoms with Gasteiger partial charge in [0.2, 0.25) is 5.28 Å². The average Bonchev–Trinajstić information content (AvgIpc) is 2.16. The molecule has 6 heteroatoms. The number of hydrogen-bond acceptors (Lipinski definition) is 5. The molecule has 0 aliphatic heterocycles. The van der Waals surface area contributed by atoms with E-state index in [9.17, 15) is 4.79 Å². The van der Waals surface area contributed by atoms with Gasteiger partial charge in [-0.1, -0.05) is 0 Å². The van der Waals surface area contributed by atoms with Crippen LogP contribution in [0.2, 0.25) is 5.28 Å². The maximum absolute atomic E-state index is 11.1. The van der Waals surface area contributed by atoms with E-state index in [0.717, 1.165) is 0 Å². The van der Waals surface area contributed by atoms with Crippen molar-refractivity contribution in [1.82, 2.24) is 9.97 Å². The van der Waals surface area contributed by atoms with Crippen molar-refractivity contribution in [2.24, 2.45) is 0 Å². The summed E-state index contributed by atoms with van der Waals surface area (Å²) in [7, 11) is 2.65. The predicted octanol–water partition coefficient (Wildman–Crippen LogP) is 0.925. The van der Waals surface area contributed by atoms with Gasteiger partial charge in [-0.15, -0.1) is 0 Å². The van der Waals surface area contributed by atoms with Crippen molar-refractivity contribution in [2.75, 3.05) is 14.2 Å². The molecular formula is C7H7ClN2O3. The highest BCUT2D eigenvalue weighted by molar-refractivity contribution is 6.28. The fourth-order valence-electron chi connectivity index (χ4n) is 0.742. The molecule has 1 heterocycles. The molecule has 1 aromatic rings. The second-order valence-corrected chi connectivity index (χ2v) is 2.39. The van der Waals surface area contributed by atoms with Crippen LogP contribution in [0.4, 0.5) is 0 Å². The summed E-state index contributed by atoms with van der Waals surface area (Å²) in [6, 6.07) is 0. The van der Waals surface area contributed by atoms with E-state index in [-0.39, 0.29) is 16.7 Å². The first-order valence-electron chi connectivity index (χ1n) is 3.34. The fourth-order valence-corrected chi connectivity index (χ4v) is 0.875. The highest BCUT2D eigenvalue weighted by Gasteiger charge is 2.15. The summed E-state index contributed by atoms with van der Waals surface area (Å²) in [5.74, 6) is -0.377. The zero-order valence-corrected chi connectivity index (χ0v) is 7.83. The summed E-state index contributed by atoms with van der Waals surface area (Å²) >= 11 is 5.49. The minimum absolute atomic E-state index is 0.0185. The minimum atomic E-state index is -0.610. The molecule has 5 nitrogen and oxygen atoms in total. The number of carbonyl (C=O) groups is 1. The topological polar surface area (TPSA) is 61.3 Å². The minimum Gasteiger partial charge on any atom is -0.493 e. The molecule has 0 atom stereocenters. The smallest absolute Gasteiger partial charge is 0.360 e. The molecule has 70 valence electrons. The lowest BCUT2D eigenvalue weighted by molar-refractivity contribution is 0.0589. The maximum atomic E-state index is 11.1. The molecule has 0 amide bonds. The molecule has 0 bridgehead atoms. The van der Waals surface area contributed by atoms with Crippen LogP contribution in [0.3, 0.4) is 0 Å². The van der Waals surface area contributed by atoms with Gasteiger partial charge in [-0.2, -0.15) is 0 Å². The van der Waals surface area contributed by atoms with Crippen molar-refractivity contribution in [3.8, 4) is 5.75 Å². The van der Waals surface area contributed by atoms with E-state index in [1.807, 2.05) is 0 Å². The van der Waals surface area contributed by atoms with Crippen molar-refractivity contribution < 1.29 is 14.3 Å². The molecule has 1 aromatic heterocycles. The Hall–Kier alpha value is -1.36. The normalized spacial score (nSPS) is 9.46. The molecular weight excluding hydrogens is 196 g/mol. The fraction of sp³-hybridized carbons (Fsp3) is 0.286. The van der Waals surface area contributed by atoms with Crippen LogP contribution in [0.5, 0.6) is 5.75 Å². The van der Waals surface area contributed by atoms with E-state index in [1.54, 1.807) is 0 Å². The highest BCUT2D eigenvalue weighted by atomic mass is 35.5. The summed E-state index contributed by atoms with van der Waals surface area (Å²) in [5.41, 5.74) is 0.0185. The Morgan fingerprint density at radius 3 is 2.77 bits per heavy atom. The molecule has 0 unspecified atom stereocenters. The quantitative estimate of drug-likeness (QED) is 0.527. The molecule has 1 rings (SSSR count). The Balaban J connectivity index is 3.15. The summed E-state index contributed by atoms with van der Waals surface area (Å²) in [5, 5.41) is -0.0267. The van der Waals surface area contributed by atoms with Crippen LogP contribution in [-0.2, 0) is 4.74 Å². The van der Waals surface area contributed by atoms with Crippen molar-refractivity contribution in [3.63, 3.8) is 0 Å². The van der Waals surface area contributed by atoms with Gasteiger partial charge in [0.25, 0.3) is 0 Å². The third-order valence-corrected chi connectivity index (χ3v) is 1.51. The number of rotatable bonds is 2. The van der Waals surface area contributed by atoms with Gasteiger partial charge in [-0.3, -0.25) is 0 Å². The first kappa shape index (κ1) is 9.73. The highest BCUT2D eigenvalue weighted by Crippen LogP contribution is 2.16. The van der Waals surface area contributed by atoms with Crippen LogP contribution in [0.25, 0.3) is 0 Å². The maximum Gasteiger partial charge on any atom is 0.360 e. The van der Waals surface area contributed by atoms with Crippen molar-refractivity contribution in [2.45, 2.75) is 0 Å². The number of halogens is 1. The molecule has 0 saturated heterocycles. The van der Waals surface area contributed by atoms with Crippen LogP contribution in [0, 0.1) is 0 Å². The lowest BCUT2D eigenvalue weighted by atomic mass is 10.4. The largest absolute Gasteiger partial charge is 0.493 e. The Kier molecular flexibility index (Phi) is 3.02. The van der Waals surface area contributed by atoms with E-state index in [2.05, 4.69) is 14.7 Å². The van der Waals surface area contributed by atoms with Crippen molar-refractivity contribution >= 4 is 17.6 Å². The summed E-state index contributed by atoms with van der Waals surface area (Å²) < 4.78 is 9.30. The SMILES string of the molecule is COC(=O)c1nc(Cl)ncc1OC. The number of nitrogens with zero attached hydrogens (tertiary/aromatic N) is 2. The first-order chi connectivity index (χ1) is 6.19. The van der Waals surface area contributed by atoms with Gasteiger partial charge in [0.15, 0.2) is 11.4 Å². The van der Waals surface area contributed by atoms with Gasteiger partial charge >= 0.3 is 5.97 Å². The van der Waals surface area contributed by atoms with E-state index < -0.39 is 5.97 Å². The number of methoxy groups -OCH3 is 2. The third kappa shape index (κ3) is 2.06. The van der Waals surface area contributed by atoms with Gasteiger partial charge < -0.3 is 9.47 Å². The molecule has 0 N–H and O–H groups in total. The Morgan fingerprint density at radius 1 is 1.54 bits per heavy atom. The van der Waals surface area contributed by atoms with Gasteiger partial charge in [-0.05, 0) is 11.6 Å². The van der Waals surface area contributed by atoms with Gasteiger partial charge in [0.05, 0.1) is 20.4 Å². The van der Waals surface area contributed by atoms with Crippen LogP contribution in [0.1, 0.15) is 10.5 Å².